The fraction of sp³-hybridized carbons (Fsp3) is 0.409. The third-order valence-electron chi connectivity index (χ3n) is 4.51. The van der Waals surface area contributed by atoms with Crippen LogP contribution in [-0.4, -0.2) is 23.3 Å². The summed E-state index contributed by atoms with van der Waals surface area (Å²) in [6.07, 6.45) is 5.55. The molecule has 0 atom stereocenters. The summed E-state index contributed by atoms with van der Waals surface area (Å²) in [5.41, 5.74) is 3.82. The minimum absolute atomic E-state index is 0.207. The summed E-state index contributed by atoms with van der Waals surface area (Å²) in [4.78, 5) is 29.1. The van der Waals surface area contributed by atoms with E-state index in [-0.39, 0.29) is 11.8 Å². The molecular formula is C22H29N3O2. The lowest BCUT2D eigenvalue weighted by molar-refractivity contribution is 0.0951. The molecule has 0 radical (unpaired) electrons. The molecule has 2 amide bonds. The van der Waals surface area contributed by atoms with E-state index in [1.807, 2.05) is 18.2 Å². The predicted molar refractivity (Wildman–Crippen MR) is 109 cm³/mol. The van der Waals surface area contributed by atoms with Gasteiger partial charge in [-0.3, -0.25) is 14.6 Å². The molecule has 5 heteroatoms. The van der Waals surface area contributed by atoms with Crippen LogP contribution in [0.25, 0.3) is 0 Å². The Morgan fingerprint density at radius 2 is 1.59 bits per heavy atom. The van der Waals surface area contributed by atoms with E-state index < -0.39 is 0 Å². The fourth-order valence-corrected chi connectivity index (χ4v) is 2.85. The quantitative estimate of drug-likeness (QED) is 0.733. The van der Waals surface area contributed by atoms with Crippen LogP contribution in [0, 0.1) is 5.92 Å². The molecule has 0 aliphatic heterocycles. The smallest absolute Gasteiger partial charge is 0.257 e. The third-order valence-corrected chi connectivity index (χ3v) is 4.51. The Balaban J connectivity index is 2.15. The van der Waals surface area contributed by atoms with Gasteiger partial charge in [0.2, 0.25) is 0 Å². The van der Waals surface area contributed by atoms with Crippen LogP contribution in [0.15, 0.2) is 36.7 Å². The molecule has 0 aliphatic carbocycles. The van der Waals surface area contributed by atoms with Crippen molar-refractivity contribution in [2.24, 2.45) is 5.92 Å². The van der Waals surface area contributed by atoms with Crippen molar-refractivity contribution in [3.8, 4) is 0 Å². The van der Waals surface area contributed by atoms with Gasteiger partial charge in [-0.05, 0) is 42.4 Å². The molecule has 5 nitrogen and oxygen atoms in total. The lowest BCUT2D eigenvalue weighted by Crippen LogP contribution is -2.26. The summed E-state index contributed by atoms with van der Waals surface area (Å²) in [5.74, 6) is 0.0582. The molecular weight excluding hydrogens is 338 g/mol. The number of hydrogen-bond acceptors (Lipinski definition) is 3. The fourth-order valence-electron chi connectivity index (χ4n) is 2.85. The van der Waals surface area contributed by atoms with Crippen molar-refractivity contribution in [3.05, 3.63) is 58.9 Å². The highest BCUT2D eigenvalue weighted by atomic mass is 16.2. The summed E-state index contributed by atoms with van der Waals surface area (Å²) in [7, 11) is 0. The van der Waals surface area contributed by atoms with Gasteiger partial charge in [0.1, 0.15) is 0 Å². The topological polar surface area (TPSA) is 71.1 Å². The number of nitrogens with zero attached hydrogens (tertiary/aromatic N) is 1. The van der Waals surface area contributed by atoms with Crippen LogP contribution >= 0.6 is 0 Å². The summed E-state index contributed by atoms with van der Waals surface area (Å²) in [6.45, 7) is 8.95. The average Bonchev–Trinajstić information content (AvgIpc) is 2.67. The Bertz CT molecular complexity index is 778. The second kappa shape index (κ2) is 9.86. The van der Waals surface area contributed by atoms with E-state index in [0.29, 0.717) is 23.6 Å². The molecule has 0 saturated carbocycles. The molecule has 1 aromatic carbocycles. The minimum Gasteiger partial charge on any atom is -0.352 e. The molecule has 0 fully saturated rings. The van der Waals surface area contributed by atoms with Crippen LogP contribution in [0.2, 0.25) is 0 Å². The van der Waals surface area contributed by atoms with Crippen LogP contribution < -0.4 is 10.6 Å². The number of amides is 2. The maximum Gasteiger partial charge on any atom is 0.257 e. The standard InChI is InChI=1S/C22H29N3O2/c1-5-16-8-7-9-17(6-2)20(16)25-22(27)19-12-18(13-23-14-19)21(26)24-11-10-15(3)4/h7-9,12-15H,5-6,10-11H2,1-4H3,(H,24,26)(H,25,27). The van der Waals surface area contributed by atoms with Gasteiger partial charge >= 0.3 is 0 Å². The first-order valence-corrected chi connectivity index (χ1v) is 9.61. The van der Waals surface area contributed by atoms with E-state index in [0.717, 1.165) is 36.1 Å². The minimum atomic E-state index is -0.255. The number of carbonyl (C=O) groups excluding carboxylic acids is 2. The van der Waals surface area contributed by atoms with Gasteiger partial charge in [0.25, 0.3) is 11.8 Å². The largest absolute Gasteiger partial charge is 0.352 e. The number of anilines is 1. The molecule has 144 valence electrons. The molecule has 0 spiro atoms. The van der Waals surface area contributed by atoms with Crippen molar-refractivity contribution >= 4 is 17.5 Å². The van der Waals surface area contributed by atoms with Gasteiger partial charge in [-0.1, -0.05) is 45.9 Å². The van der Waals surface area contributed by atoms with Crippen LogP contribution in [0.3, 0.4) is 0 Å². The van der Waals surface area contributed by atoms with Crippen molar-refractivity contribution in [1.29, 1.82) is 0 Å². The Hall–Kier alpha value is -2.69. The first-order valence-electron chi connectivity index (χ1n) is 9.61. The van der Waals surface area contributed by atoms with Crippen LogP contribution in [0.5, 0.6) is 0 Å². The van der Waals surface area contributed by atoms with Gasteiger partial charge in [-0.2, -0.15) is 0 Å². The maximum atomic E-state index is 12.7. The van der Waals surface area contributed by atoms with Crippen LogP contribution in [0.1, 0.15) is 66.0 Å². The molecule has 0 aliphatic rings. The van der Waals surface area contributed by atoms with Gasteiger partial charge in [0.05, 0.1) is 11.1 Å². The van der Waals surface area contributed by atoms with Crippen molar-refractivity contribution in [1.82, 2.24) is 10.3 Å². The van der Waals surface area contributed by atoms with Crippen molar-refractivity contribution in [2.45, 2.75) is 47.0 Å². The van der Waals surface area contributed by atoms with E-state index in [9.17, 15) is 9.59 Å². The second-order valence-electron chi connectivity index (χ2n) is 7.01. The molecule has 1 aromatic heterocycles. The van der Waals surface area contributed by atoms with Crippen LogP contribution in [0.4, 0.5) is 5.69 Å². The Labute approximate surface area is 161 Å². The normalized spacial score (nSPS) is 10.7. The number of hydrogen-bond donors (Lipinski definition) is 2. The summed E-state index contributed by atoms with van der Waals surface area (Å²) < 4.78 is 0. The van der Waals surface area contributed by atoms with Gasteiger partial charge in [-0.15, -0.1) is 0 Å². The number of pyridine rings is 1. The summed E-state index contributed by atoms with van der Waals surface area (Å²) in [5, 5.41) is 5.88. The molecule has 27 heavy (non-hydrogen) atoms. The van der Waals surface area contributed by atoms with Gasteiger partial charge in [0, 0.05) is 24.6 Å². The van der Waals surface area contributed by atoms with Gasteiger partial charge < -0.3 is 10.6 Å². The van der Waals surface area contributed by atoms with E-state index in [2.05, 4.69) is 43.3 Å². The number of carbonyl (C=O) groups is 2. The highest BCUT2D eigenvalue weighted by Gasteiger charge is 2.14. The van der Waals surface area contributed by atoms with Crippen molar-refractivity contribution < 1.29 is 9.59 Å². The maximum absolute atomic E-state index is 12.7. The van der Waals surface area contributed by atoms with E-state index in [1.54, 1.807) is 6.07 Å². The van der Waals surface area contributed by atoms with Crippen LogP contribution in [-0.2, 0) is 12.8 Å². The molecule has 2 rings (SSSR count). The first-order chi connectivity index (χ1) is 13.0. The van der Waals surface area contributed by atoms with E-state index >= 15 is 0 Å². The Morgan fingerprint density at radius 3 is 2.15 bits per heavy atom. The molecule has 0 bridgehead atoms. The first kappa shape index (κ1) is 20.6. The highest BCUT2D eigenvalue weighted by Crippen LogP contribution is 2.23. The van der Waals surface area contributed by atoms with Crippen molar-refractivity contribution in [2.75, 3.05) is 11.9 Å². The highest BCUT2D eigenvalue weighted by molar-refractivity contribution is 6.06. The number of benzene rings is 1. The average molecular weight is 367 g/mol. The summed E-state index contributed by atoms with van der Waals surface area (Å²) >= 11 is 0. The lowest BCUT2D eigenvalue weighted by Gasteiger charge is -2.14. The molecule has 0 saturated heterocycles. The number of para-hydroxylation sites is 1. The predicted octanol–water partition coefficient (Wildman–Crippen LogP) is 4.23. The zero-order chi connectivity index (χ0) is 19.8. The third kappa shape index (κ3) is 5.64. The van der Waals surface area contributed by atoms with Gasteiger partial charge in [0.15, 0.2) is 0 Å². The molecule has 2 N–H and O–H groups in total. The van der Waals surface area contributed by atoms with E-state index in [4.69, 9.17) is 0 Å². The van der Waals surface area contributed by atoms with Gasteiger partial charge in [-0.25, -0.2) is 0 Å². The second-order valence-corrected chi connectivity index (χ2v) is 7.01. The Kier molecular flexibility index (Phi) is 7.53. The van der Waals surface area contributed by atoms with E-state index in [1.165, 1.54) is 12.4 Å². The number of aryl methyl sites for hydroxylation is 2. The monoisotopic (exact) mass is 367 g/mol. The SMILES string of the molecule is CCc1cccc(CC)c1NC(=O)c1cncc(C(=O)NCCC(C)C)c1. The zero-order valence-corrected chi connectivity index (χ0v) is 16.6. The molecule has 0 unspecified atom stereocenters. The molecule has 1 heterocycles. The van der Waals surface area contributed by atoms with Crippen molar-refractivity contribution in [3.63, 3.8) is 0 Å². The summed E-state index contributed by atoms with van der Waals surface area (Å²) in [6, 6.07) is 7.64. The number of nitrogens with one attached hydrogen (secondary N) is 2. The lowest BCUT2D eigenvalue weighted by atomic mass is 10.0. The molecule has 2 aromatic rings. The number of rotatable bonds is 8. The Morgan fingerprint density at radius 1 is 1.00 bits per heavy atom. The zero-order valence-electron chi connectivity index (χ0n) is 16.6. The number of aromatic nitrogens is 1.